The number of hydrogen-bond acceptors (Lipinski definition) is 2. The summed E-state index contributed by atoms with van der Waals surface area (Å²) in [5.74, 6) is -1.39. The highest BCUT2D eigenvalue weighted by Crippen LogP contribution is 2.21. The van der Waals surface area contributed by atoms with Crippen LogP contribution >= 0.6 is 0 Å². The van der Waals surface area contributed by atoms with E-state index in [1.54, 1.807) is 0 Å². The number of carboxylic acids is 1. The molecule has 0 aliphatic carbocycles. The number of nitrogens with one attached hydrogen (secondary N) is 1. The first kappa shape index (κ1) is 16.7. The fourth-order valence-corrected chi connectivity index (χ4v) is 1.32. The summed E-state index contributed by atoms with van der Waals surface area (Å²) in [6.45, 7) is 2.11. The van der Waals surface area contributed by atoms with Crippen LogP contribution in [0, 0.1) is 5.92 Å². The molecule has 1 atom stereocenters. The molecule has 1 amide bonds. The first-order valence-corrected chi connectivity index (χ1v) is 5.76. The van der Waals surface area contributed by atoms with Gasteiger partial charge in [-0.05, 0) is 18.8 Å². The van der Waals surface area contributed by atoms with Gasteiger partial charge in [0, 0.05) is 19.4 Å². The van der Waals surface area contributed by atoms with Gasteiger partial charge in [0.2, 0.25) is 5.91 Å². The minimum absolute atomic E-state index is 0.0587. The summed E-state index contributed by atoms with van der Waals surface area (Å²) in [5, 5.41) is 10.8. The van der Waals surface area contributed by atoms with Gasteiger partial charge in [-0.2, -0.15) is 13.2 Å². The molecule has 0 heterocycles. The molecule has 0 rings (SSSR count). The minimum Gasteiger partial charge on any atom is -0.481 e. The molecule has 106 valence electrons. The Labute approximate surface area is 104 Å². The molecule has 0 aromatic carbocycles. The molecule has 0 bridgehead atoms. The first-order chi connectivity index (χ1) is 8.20. The Morgan fingerprint density at radius 3 is 2.33 bits per heavy atom. The Hall–Kier alpha value is -1.27. The van der Waals surface area contributed by atoms with Gasteiger partial charge < -0.3 is 10.4 Å². The molecule has 0 spiro atoms. The minimum atomic E-state index is -4.31. The molecule has 2 N–H and O–H groups in total. The molecule has 0 radical (unpaired) electrons. The lowest BCUT2D eigenvalue weighted by molar-refractivity contribution is -0.144. The van der Waals surface area contributed by atoms with Crippen LogP contribution in [0.25, 0.3) is 0 Å². The Morgan fingerprint density at radius 2 is 1.83 bits per heavy atom. The summed E-state index contributed by atoms with van der Waals surface area (Å²) in [7, 11) is 0. The van der Waals surface area contributed by atoms with Crippen LogP contribution in [-0.2, 0) is 9.59 Å². The summed E-state index contributed by atoms with van der Waals surface area (Å²) in [6, 6.07) is 0. The molecular formula is C11H18F3NO3. The Morgan fingerprint density at radius 1 is 1.22 bits per heavy atom. The number of amides is 1. The largest absolute Gasteiger partial charge is 0.481 e. The molecule has 7 heteroatoms. The topological polar surface area (TPSA) is 66.4 Å². The number of aliphatic carboxylic acids is 1. The predicted octanol–water partition coefficient (Wildman–Crippen LogP) is 2.34. The maximum absolute atomic E-state index is 11.8. The van der Waals surface area contributed by atoms with E-state index in [4.69, 9.17) is 5.11 Å². The zero-order chi connectivity index (χ0) is 14.2. The fraction of sp³-hybridized carbons (Fsp3) is 0.818. The number of rotatable bonds is 8. The van der Waals surface area contributed by atoms with Crippen molar-refractivity contribution >= 4 is 11.9 Å². The molecule has 4 nitrogen and oxygen atoms in total. The van der Waals surface area contributed by atoms with Crippen molar-refractivity contribution in [3.05, 3.63) is 0 Å². The Kier molecular flexibility index (Phi) is 7.38. The summed E-state index contributed by atoms with van der Waals surface area (Å²) in [5.41, 5.74) is 0. The van der Waals surface area contributed by atoms with Crippen molar-refractivity contribution in [3.63, 3.8) is 0 Å². The van der Waals surface area contributed by atoms with Crippen LogP contribution in [0.15, 0.2) is 0 Å². The van der Waals surface area contributed by atoms with Crippen molar-refractivity contribution in [2.45, 2.75) is 45.2 Å². The fourth-order valence-electron chi connectivity index (χ4n) is 1.32. The Bertz CT molecular complexity index is 279. The Balaban J connectivity index is 3.59. The third-order valence-electron chi connectivity index (χ3n) is 2.45. The molecule has 0 aromatic rings. The summed E-state index contributed by atoms with van der Waals surface area (Å²) in [6.07, 6.45) is -4.88. The van der Waals surface area contributed by atoms with Gasteiger partial charge in [0.25, 0.3) is 0 Å². The van der Waals surface area contributed by atoms with Gasteiger partial charge in [0.15, 0.2) is 0 Å². The molecule has 0 aliphatic rings. The first-order valence-electron chi connectivity index (χ1n) is 5.76. The smallest absolute Gasteiger partial charge is 0.389 e. The van der Waals surface area contributed by atoms with Crippen molar-refractivity contribution in [1.82, 2.24) is 5.32 Å². The van der Waals surface area contributed by atoms with E-state index in [9.17, 15) is 22.8 Å². The average molecular weight is 269 g/mol. The molecule has 0 aliphatic heterocycles. The van der Waals surface area contributed by atoms with E-state index in [0.29, 0.717) is 12.8 Å². The molecule has 18 heavy (non-hydrogen) atoms. The second-order valence-corrected chi connectivity index (χ2v) is 4.29. The van der Waals surface area contributed by atoms with E-state index in [-0.39, 0.29) is 18.9 Å². The highest BCUT2D eigenvalue weighted by Gasteiger charge is 2.27. The SMILES string of the molecule is CC(CCNC(=O)CCC(F)(F)F)CCC(=O)O. The highest BCUT2D eigenvalue weighted by atomic mass is 19.4. The maximum atomic E-state index is 11.8. The van der Waals surface area contributed by atoms with Crippen LogP contribution in [0.3, 0.4) is 0 Å². The number of carbonyl (C=O) groups is 2. The highest BCUT2D eigenvalue weighted by molar-refractivity contribution is 5.75. The molecule has 0 fully saturated rings. The third kappa shape index (κ3) is 11.2. The van der Waals surface area contributed by atoms with Crippen molar-refractivity contribution in [1.29, 1.82) is 0 Å². The second-order valence-electron chi connectivity index (χ2n) is 4.29. The van der Waals surface area contributed by atoms with Gasteiger partial charge in [-0.1, -0.05) is 6.92 Å². The summed E-state index contributed by atoms with van der Waals surface area (Å²) < 4.78 is 35.4. The quantitative estimate of drug-likeness (QED) is 0.710. The van der Waals surface area contributed by atoms with Gasteiger partial charge in [-0.15, -0.1) is 0 Å². The van der Waals surface area contributed by atoms with Crippen molar-refractivity contribution in [2.24, 2.45) is 5.92 Å². The van der Waals surface area contributed by atoms with Gasteiger partial charge in [0.05, 0.1) is 6.42 Å². The van der Waals surface area contributed by atoms with Gasteiger partial charge >= 0.3 is 12.1 Å². The van der Waals surface area contributed by atoms with Crippen LogP contribution in [0.1, 0.15) is 39.0 Å². The average Bonchev–Trinajstić information content (AvgIpc) is 2.22. The van der Waals surface area contributed by atoms with E-state index < -0.39 is 30.9 Å². The number of hydrogen-bond donors (Lipinski definition) is 2. The molecule has 0 aromatic heterocycles. The molecule has 0 saturated carbocycles. The second kappa shape index (κ2) is 7.94. The predicted molar refractivity (Wildman–Crippen MR) is 58.9 cm³/mol. The number of halogens is 3. The lowest BCUT2D eigenvalue weighted by atomic mass is 10.0. The van der Waals surface area contributed by atoms with E-state index in [0.717, 1.165) is 0 Å². The van der Waals surface area contributed by atoms with Crippen molar-refractivity contribution in [3.8, 4) is 0 Å². The number of carboxylic acid groups (broad SMARTS) is 1. The zero-order valence-corrected chi connectivity index (χ0v) is 10.2. The molecular weight excluding hydrogens is 251 g/mol. The zero-order valence-electron chi connectivity index (χ0n) is 10.2. The summed E-state index contributed by atoms with van der Waals surface area (Å²) >= 11 is 0. The van der Waals surface area contributed by atoms with Crippen LogP contribution in [0.5, 0.6) is 0 Å². The monoisotopic (exact) mass is 269 g/mol. The standard InChI is InChI=1S/C11H18F3NO3/c1-8(2-3-10(17)18)5-7-15-9(16)4-6-11(12,13)14/h8H,2-7H2,1H3,(H,15,16)(H,17,18). The normalized spacial score (nSPS) is 13.1. The van der Waals surface area contributed by atoms with Crippen LogP contribution in [0.2, 0.25) is 0 Å². The number of carbonyl (C=O) groups excluding carboxylic acids is 1. The van der Waals surface area contributed by atoms with E-state index >= 15 is 0 Å². The number of alkyl halides is 3. The summed E-state index contributed by atoms with van der Waals surface area (Å²) in [4.78, 5) is 21.3. The van der Waals surface area contributed by atoms with Gasteiger partial charge in [-0.25, -0.2) is 0 Å². The van der Waals surface area contributed by atoms with E-state index in [2.05, 4.69) is 5.32 Å². The van der Waals surface area contributed by atoms with Gasteiger partial charge in [0.1, 0.15) is 0 Å². The van der Waals surface area contributed by atoms with E-state index in [1.807, 2.05) is 6.92 Å². The van der Waals surface area contributed by atoms with Crippen molar-refractivity contribution < 1.29 is 27.9 Å². The molecule has 0 saturated heterocycles. The van der Waals surface area contributed by atoms with Gasteiger partial charge in [-0.3, -0.25) is 9.59 Å². The van der Waals surface area contributed by atoms with E-state index in [1.165, 1.54) is 0 Å². The maximum Gasteiger partial charge on any atom is 0.389 e. The van der Waals surface area contributed by atoms with Crippen LogP contribution < -0.4 is 5.32 Å². The lowest BCUT2D eigenvalue weighted by Gasteiger charge is -2.11. The lowest BCUT2D eigenvalue weighted by Crippen LogP contribution is -2.27. The van der Waals surface area contributed by atoms with Crippen LogP contribution in [0.4, 0.5) is 13.2 Å². The van der Waals surface area contributed by atoms with Crippen LogP contribution in [-0.4, -0.2) is 29.7 Å². The third-order valence-corrected chi connectivity index (χ3v) is 2.45. The van der Waals surface area contributed by atoms with Crippen molar-refractivity contribution in [2.75, 3.05) is 6.54 Å². The molecule has 1 unspecified atom stereocenters.